The van der Waals surface area contributed by atoms with Crippen LogP contribution in [0.15, 0.2) is 60.7 Å². The molecule has 1 fully saturated rings. The smallest absolute Gasteiger partial charge is 0.254 e. The van der Waals surface area contributed by atoms with Crippen LogP contribution in [-0.2, 0) is 28.9 Å². The highest BCUT2D eigenvalue weighted by Crippen LogP contribution is 2.34. The Morgan fingerprint density at radius 1 is 0.949 bits per heavy atom. The van der Waals surface area contributed by atoms with Crippen LogP contribution in [0.5, 0.6) is 0 Å². The molecule has 2 amide bonds. The number of carbonyl (C=O) groups is 2. The van der Waals surface area contributed by atoms with Gasteiger partial charge in [-0.05, 0) is 79.1 Å². The molecule has 2 heterocycles. The number of hydrogen-bond donors (Lipinski definition) is 1. The van der Waals surface area contributed by atoms with Gasteiger partial charge in [-0.15, -0.1) is 0 Å². The minimum Gasteiger partial charge on any atom is -0.378 e. The molecule has 0 saturated carbocycles. The van der Waals surface area contributed by atoms with Gasteiger partial charge in [0.05, 0.1) is 19.3 Å². The van der Waals surface area contributed by atoms with Crippen molar-refractivity contribution in [2.75, 3.05) is 31.2 Å². The quantitative estimate of drug-likeness (QED) is 0.529. The zero-order valence-corrected chi connectivity index (χ0v) is 22.9. The van der Waals surface area contributed by atoms with Gasteiger partial charge in [0.2, 0.25) is 5.91 Å². The van der Waals surface area contributed by atoms with Crippen LogP contribution in [0.4, 0.5) is 5.69 Å². The number of anilines is 1. The summed E-state index contributed by atoms with van der Waals surface area (Å²) in [6.07, 6.45) is 3.53. The number of amides is 2. The predicted octanol–water partition coefficient (Wildman–Crippen LogP) is 4.90. The van der Waals surface area contributed by atoms with Crippen LogP contribution >= 0.6 is 0 Å². The van der Waals surface area contributed by atoms with E-state index in [0.717, 1.165) is 49.2 Å². The Hall–Kier alpha value is -3.64. The second kappa shape index (κ2) is 10.9. The molecule has 3 aromatic rings. The number of hydrogen-bond acceptors (Lipinski definition) is 4. The van der Waals surface area contributed by atoms with E-state index in [1.807, 2.05) is 36.4 Å². The van der Waals surface area contributed by atoms with E-state index in [2.05, 4.69) is 48.3 Å². The SMILES string of the molecule is Cc1cc(C)c2c(c1)C(NC(=O)C1Cc3ccccc3CN1C(=O)c1cccc(N3CCOCC3)c1)CCC2. The van der Waals surface area contributed by atoms with Gasteiger partial charge in [0, 0.05) is 37.3 Å². The number of fused-ring (bicyclic) bond motifs is 2. The van der Waals surface area contributed by atoms with Crippen LogP contribution in [0.25, 0.3) is 0 Å². The van der Waals surface area contributed by atoms with Crippen molar-refractivity contribution in [2.45, 2.75) is 58.2 Å². The highest BCUT2D eigenvalue weighted by Gasteiger charge is 2.36. The van der Waals surface area contributed by atoms with Crippen molar-refractivity contribution in [3.8, 4) is 0 Å². The first-order chi connectivity index (χ1) is 19.0. The van der Waals surface area contributed by atoms with Crippen LogP contribution in [0.2, 0.25) is 0 Å². The fourth-order valence-corrected chi connectivity index (χ4v) is 6.53. The lowest BCUT2D eigenvalue weighted by Crippen LogP contribution is -2.53. The largest absolute Gasteiger partial charge is 0.378 e. The third-order valence-electron chi connectivity index (χ3n) is 8.54. The molecule has 3 aromatic carbocycles. The normalized spacial score (nSPS) is 20.7. The standard InChI is InChI=1S/C33H37N3O3/c1-22-17-23(2)28-11-6-12-30(29(28)18-22)34-32(37)31-20-24-7-3-4-8-26(24)21-36(31)33(38)25-9-5-10-27(19-25)35-13-15-39-16-14-35/h3-5,7-10,17-19,30-31H,6,11-16,20-21H2,1-2H3,(H,34,37). The molecule has 6 rings (SSSR count). The summed E-state index contributed by atoms with van der Waals surface area (Å²) >= 11 is 0. The van der Waals surface area contributed by atoms with Gasteiger partial charge in [-0.1, -0.05) is 48.0 Å². The molecule has 1 aliphatic carbocycles. The third-order valence-corrected chi connectivity index (χ3v) is 8.54. The van der Waals surface area contributed by atoms with E-state index in [4.69, 9.17) is 4.74 Å². The summed E-state index contributed by atoms with van der Waals surface area (Å²) in [5.74, 6) is -0.172. The van der Waals surface area contributed by atoms with Crippen molar-refractivity contribution in [3.63, 3.8) is 0 Å². The van der Waals surface area contributed by atoms with Gasteiger partial charge in [0.1, 0.15) is 6.04 Å². The second-order valence-electron chi connectivity index (χ2n) is 11.2. The van der Waals surface area contributed by atoms with Gasteiger partial charge in [0.25, 0.3) is 5.91 Å². The van der Waals surface area contributed by atoms with Gasteiger partial charge < -0.3 is 19.9 Å². The van der Waals surface area contributed by atoms with E-state index in [1.165, 1.54) is 22.3 Å². The lowest BCUT2D eigenvalue weighted by molar-refractivity contribution is -0.127. The highest BCUT2D eigenvalue weighted by atomic mass is 16.5. The molecule has 0 spiro atoms. The van der Waals surface area contributed by atoms with E-state index in [9.17, 15) is 9.59 Å². The first-order valence-electron chi connectivity index (χ1n) is 14.2. The van der Waals surface area contributed by atoms with Gasteiger partial charge in [-0.2, -0.15) is 0 Å². The van der Waals surface area contributed by atoms with Crippen LogP contribution in [0.3, 0.4) is 0 Å². The Labute approximate surface area is 231 Å². The Kier molecular flexibility index (Phi) is 7.13. The molecule has 1 N–H and O–H groups in total. The first-order valence-corrected chi connectivity index (χ1v) is 14.2. The van der Waals surface area contributed by atoms with Gasteiger partial charge >= 0.3 is 0 Å². The molecule has 0 bridgehead atoms. The van der Waals surface area contributed by atoms with Crippen molar-refractivity contribution < 1.29 is 14.3 Å². The summed E-state index contributed by atoms with van der Waals surface area (Å²) < 4.78 is 5.50. The minimum absolute atomic E-state index is 0.0291. The highest BCUT2D eigenvalue weighted by molar-refractivity contribution is 5.98. The number of rotatable bonds is 4. The number of ether oxygens (including phenoxy) is 1. The van der Waals surface area contributed by atoms with Crippen molar-refractivity contribution in [1.82, 2.24) is 10.2 Å². The van der Waals surface area contributed by atoms with Crippen molar-refractivity contribution in [2.24, 2.45) is 0 Å². The Bertz CT molecular complexity index is 1390. The van der Waals surface area contributed by atoms with E-state index in [1.54, 1.807) is 4.90 Å². The molecule has 1 saturated heterocycles. The predicted molar refractivity (Wildman–Crippen MR) is 153 cm³/mol. The minimum atomic E-state index is -0.560. The van der Waals surface area contributed by atoms with Crippen LogP contribution in [0, 0.1) is 13.8 Å². The molecule has 0 radical (unpaired) electrons. The zero-order chi connectivity index (χ0) is 26.9. The van der Waals surface area contributed by atoms with E-state index < -0.39 is 6.04 Å². The van der Waals surface area contributed by atoms with Gasteiger partial charge in [0.15, 0.2) is 0 Å². The van der Waals surface area contributed by atoms with Crippen LogP contribution < -0.4 is 10.2 Å². The fraction of sp³-hybridized carbons (Fsp3) is 0.394. The molecule has 3 aliphatic rings. The Morgan fingerprint density at radius 2 is 1.74 bits per heavy atom. The molecule has 2 unspecified atom stereocenters. The van der Waals surface area contributed by atoms with Gasteiger partial charge in [-0.25, -0.2) is 0 Å². The summed E-state index contributed by atoms with van der Waals surface area (Å²) in [4.78, 5) is 32.1. The number of morpholine rings is 1. The maximum atomic E-state index is 14.0. The lowest BCUT2D eigenvalue weighted by atomic mass is 9.83. The fourth-order valence-electron chi connectivity index (χ4n) is 6.53. The topological polar surface area (TPSA) is 61.9 Å². The maximum Gasteiger partial charge on any atom is 0.254 e. The molecule has 6 nitrogen and oxygen atoms in total. The summed E-state index contributed by atoms with van der Waals surface area (Å²) in [6, 6.07) is 19.8. The molecule has 2 aliphatic heterocycles. The lowest BCUT2D eigenvalue weighted by Gasteiger charge is -2.38. The van der Waals surface area contributed by atoms with E-state index in [-0.39, 0.29) is 17.9 Å². The molecule has 0 aromatic heterocycles. The maximum absolute atomic E-state index is 14.0. The molecular weight excluding hydrogens is 486 g/mol. The summed E-state index contributed by atoms with van der Waals surface area (Å²) in [6.45, 7) is 7.70. The number of benzene rings is 3. The van der Waals surface area contributed by atoms with Crippen molar-refractivity contribution >= 4 is 17.5 Å². The molecule has 39 heavy (non-hydrogen) atoms. The molecule has 6 heteroatoms. The Balaban J connectivity index is 1.29. The molecule has 2 atom stereocenters. The van der Waals surface area contributed by atoms with Crippen molar-refractivity contribution in [1.29, 1.82) is 0 Å². The Morgan fingerprint density at radius 3 is 2.56 bits per heavy atom. The van der Waals surface area contributed by atoms with Gasteiger partial charge in [-0.3, -0.25) is 9.59 Å². The van der Waals surface area contributed by atoms with Crippen LogP contribution in [0.1, 0.15) is 62.6 Å². The number of carbonyl (C=O) groups excluding carboxylic acids is 2. The number of aryl methyl sites for hydroxylation is 2. The second-order valence-corrected chi connectivity index (χ2v) is 11.2. The average Bonchev–Trinajstić information content (AvgIpc) is 2.97. The monoisotopic (exact) mass is 523 g/mol. The first kappa shape index (κ1) is 25.6. The van der Waals surface area contributed by atoms with Crippen molar-refractivity contribution in [3.05, 3.63) is 99.6 Å². The molecule has 202 valence electrons. The van der Waals surface area contributed by atoms with E-state index >= 15 is 0 Å². The average molecular weight is 524 g/mol. The van der Waals surface area contributed by atoms with E-state index in [0.29, 0.717) is 31.7 Å². The number of nitrogens with zero attached hydrogens (tertiary/aromatic N) is 2. The zero-order valence-electron chi connectivity index (χ0n) is 22.9. The summed E-state index contributed by atoms with van der Waals surface area (Å²) in [5, 5.41) is 3.37. The number of nitrogens with one attached hydrogen (secondary N) is 1. The summed E-state index contributed by atoms with van der Waals surface area (Å²) in [5.41, 5.74) is 8.99. The molecular formula is C33H37N3O3. The summed E-state index contributed by atoms with van der Waals surface area (Å²) in [7, 11) is 0. The van der Waals surface area contributed by atoms with Crippen LogP contribution in [-0.4, -0.2) is 49.1 Å². The third kappa shape index (κ3) is 5.18.